The van der Waals surface area contributed by atoms with Crippen molar-refractivity contribution in [2.24, 2.45) is 0 Å². The Hall–Kier alpha value is -6.53. The minimum Gasteiger partial charge on any atom is -0.508 e. The molecule has 10 aromatic rings. The Labute approximate surface area is 719 Å². The van der Waals surface area contributed by atoms with E-state index in [9.17, 15) is 65.5 Å². The van der Waals surface area contributed by atoms with Gasteiger partial charge in [0.1, 0.15) is 79.1 Å². The molecule has 0 aliphatic rings. The normalized spacial score (nSPS) is 11.2. The Balaban J connectivity index is 0.000000303. The van der Waals surface area contributed by atoms with Gasteiger partial charge in [-0.1, -0.05) is 60.7 Å². The number of aromatic hydroxyl groups is 1. The Morgan fingerprint density at radius 2 is 0.905 bits per heavy atom. The van der Waals surface area contributed by atoms with Crippen molar-refractivity contribution >= 4 is 59.8 Å². The fourth-order valence-corrected chi connectivity index (χ4v) is 13.5. The molecule has 8 aromatic carbocycles. The fraction of sp³-hybridized carbons (Fsp3) is 0.182. The SMILES string of the molecule is COc1cc(O)cc(C(F)(F)F)c1.COc1cc(Oc2cc(F)c(S(=O)(=O)N(Cc3ccc(OC)cc3OC)c3nc(Cc4ccccc4)ns3)cc2F)cc(C(F)(F)F)c1.COc1ccc(CN(c2nc(Cc3ccccc3)ns2)S(=O)(=O)c2cc(F)c(F)cc2F)c(OC)c1.[2H]C(=O)OO[CH-]F.[Cs+].[Cs+]. The van der Waals surface area contributed by atoms with Gasteiger partial charge < -0.3 is 52.4 Å². The summed E-state index contributed by atoms with van der Waals surface area (Å²) >= 11 is 1.52. The third-order valence-electron chi connectivity index (χ3n) is 13.7. The van der Waals surface area contributed by atoms with E-state index >= 15 is 8.78 Å². The third-order valence-corrected chi connectivity index (χ3v) is 19.0. The van der Waals surface area contributed by atoms with Gasteiger partial charge >= 0.3 is 157 Å². The van der Waals surface area contributed by atoms with Gasteiger partial charge in [0.2, 0.25) is 10.3 Å². The van der Waals surface area contributed by atoms with Crippen LogP contribution in [0.5, 0.6) is 51.7 Å². The van der Waals surface area contributed by atoms with Crippen LogP contribution in [0.4, 0.5) is 62.9 Å². The maximum Gasteiger partial charge on any atom is 1.00 e. The molecule has 0 spiro atoms. The molecule has 39 heteroatoms. The molecule has 548 valence electrons. The van der Waals surface area contributed by atoms with Crippen LogP contribution in [-0.2, 0) is 72.9 Å². The Morgan fingerprint density at radius 3 is 1.31 bits per heavy atom. The number of nitrogens with zero attached hydrogens (tertiary/aromatic N) is 6. The number of ether oxygens (including phenoxy) is 7. The molecule has 0 unspecified atom stereocenters. The van der Waals surface area contributed by atoms with Crippen molar-refractivity contribution in [1.29, 1.82) is 0 Å². The van der Waals surface area contributed by atoms with Crippen molar-refractivity contribution in [1.82, 2.24) is 18.7 Å². The summed E-state index contributed by atoms with van der Waals surface area (Å²) in [6.07, 6.45) is -10.1. The van der Waals surface area contributed by atoms with Crippen molar-refractivity contribution in [3.8, 4) is 51.7 Å². The standard InChI is InChI=1S/C32H26F5N3O6S2.C24H20F3N3O4S2.C8H7F3O2.C2H2FO3.2Cs/c1-43-22-10-9-20(27(15-22)45-3)18-40(31-38-30(39-47-31)11-19-7-5-4-6-8-19)48(41,42)29-17-25(33)28(16-26(29)34)46-24-13-21(32(35,36)37)12-23(14-24)44-2;1-33-17-9-8-16(21(11-17)34-2)14-30(36(31,32)22-13-19(26)18(25)12-20(22)27)24-28-23(29-35-24)10-15-6-4-3-5-7-15;1-13-7-3-5(8(9,10)11)2-6(12)4-7;3-1-5-6-2-4;;/h4-10,12-17H,11,18H2,1-3H3;3-9,11-13H,10,14H2,1-2H3;2-4,12H,1H3;1-2H;;/q;;;-1;2*+1/i;;;2D;;. The molecule has 105 heavy (non-hydrogen) atoms. The maximum atomic E-state index is 15.7. The minimum absolute atomic E-state index is 0. The van der Waals surface area contributed by atoms with Crippen molar-refractivity contribution in [2.75, 3.05) is 51.3 Å². The monoisotopic (exact) mass is 1790 g/mol. The van der Waals surface area contributed by atoms with Gasteiger partial charge in [0.25, 0.3) is 20.0 Å². The predicted molar refractivity (Wildman–Crippen MR) is 348 cm³/mol. The zero-order valence-electron chi connectivity index (χ0n) is 56.9. The number of phenolic OH excluding ortho intramolecular Hbond substituents is 1. The summed E-state index contributed by atoms with van der Waals surface area (Å²) in [7, 11) is -1.64. The molecule has 0 fully saturated rings. The number of anilines is 2. The van der Waals surface area contributed by atoms with Gasteiger partial charge in [0.05, 0.1) is 66.9 Å². The number of aromatic nitrogens is 4. The number of benzene rings is 8. The van der Waals surface area contributed by atoms with Gasteiger partial charge in [0, 0.05) is 95.6 Å². The van der Waals surface area contributed by atoms with E-state index in [4.69, 9.17) is 34.9 Å². The number of carbonyl (C=O) groups excluding carboxylic acids is 1. The number of rotatable bonds is 24. The third kappa shape index (κ3) is 25.0. The molecule has 0 radical (unpaired) electrons. The van der Waals surface area contributed by atoms with Crippen molar-refractivity contribution in [3.63, 3.8) is 0 Å². The van der Waals surface area contributed by atoms with Crippen molar-refractivity contribution < 1.29 is 262 Å². The average molecular weight is 1800 g/mol. The van der Waals surface area contributed by atoms with E-state index in [1.807, 2.05) is 60.7 Å². The summed E-state index contributed by atoms with van der Waals surface area (Å²) in [5.41, 5.74) is 0.398. The first kappa shape index (κ1) is 87.4. The first-order valence-electron chi connectivity index (χ1n) is 29.2. The molecular formula is C66H55Cs2F12N6O15S4+. The summed E-state index contributed by atoms with van der Waals surface area (Å²) in [6.45, 7) is -1.13. The molecule has 0 bridgehead atoms. The van der Waals surface area contributed by atoms with Crippen LogP contribution in [0.1, 0.15) is 46.4 Å². The number of alkyl halides is 6. The first-order chi connectivity index (χ1) is 49.2. The van der Waals surface area contributed by atoms with Crippen molar-refractivity contribution in [2.45, 2.75) is 48.1 Å². The Kier molecular flexibility index (Phi) is 34.2. The van der Waals surface area contributed by atoms with Crippen LogP contribution in [0.25, 0.3) is 0 Å². The van der Waals surface area contributed by atoms with E-state index in [1.165, 1.54) is 41.6 Å². The largest absolute Gasteiger partial charge is 1.00 e. The summed E-state index contributed by atoms with van der Waals surface area (Å²) in [4.78, 5) is 22.5. The predicted octanol–water partition coefficient (Wildman–Crippen LogP) is 9.21. The second-order valence-electron chi connectivity index (χ2n) is 20.4. The quantitative estimate of drug-likeness (QED) is 0.0148. The van der Waals surface area contributed by atoms with Gasteiger partial charge in [-0.2, -0.15) is 35.1 Å². The fourth-order valence-electron chi connectivity index (χ4n) is 8.85. The van der Waals surface area contributed by atoms with E-state index in [0.717, 1.165) is 68.1 Å². The molecule has 2 heterocycles. The summed E-state index contributed by atoms with van der Waals surface area (Å²) < 4.78 is 268. The molecule has 2 aromatic heterocycles. The molecule has 0 atom stereocenters. The summed E-state index contributed by atoms with van der Waals surface area (Å²) in [5.74, 6) is -7.31. The van der Waals surface area contributed by atoms with E-state index in [0.29, 0.717) is 77.0 Å². The molecule has 10 rings (SSSR count). The average Bonchev–Trinajstić information content (AvgIpc) is 1.25. The molecule has 0 amide bonds. The zero-order valence-corrected chi connectivity index (χ0v) is 71.8. The van der Waals surface area contributed by atoms with Crippen molar-refractivity contribution in [3.05, 3.63) is 239 Å². The molecule has 21 nitrogen and oxygen atoms in total. The molecular weight excluding hydrogens is 1740 g/mol. The van der Waals surface area contributed by atoms with Crippen LogP contribution >= 0.6 is 23.1 Å². The van der Waals surface area contributed by atoms with Crippen LogP contribution < -0.4 is 180 Å². The van der Waals surface area contributed by atoms with Gasteiger partial charge in [-0.05, 0) is 66.5 Å². The van der Waals surface area contributed by atoms with Gasteiger partial charge in [-0.15, -0.1) is 0 Å². The second kappa shape index (κ2) is 41.2. The van der Waals surface area contributed by atoms with Crippen LogP contribution in [0, 0.1) is 35.9 Å². The van der Waals surface area contributed by atoms with Crippen LogP contribution in [-0.4, -0.2) is 89.8 Å². The van der Waals surface area contributed by atoms with Gasteiger partial charge in [-0.3, -0.25) is 4.79 Å². The number of halogens is 12. The van der Waals surface area contributed by atoms with E-state index in [2.05, 4.69) is 33.2 Å². The topological polar surface area (TPSA) is 247 Å². The van der Waals surface area contributed by atoms with Gasteiger partial charge in [-0.25, -0.2) is 57.4 Å². The summed E-state index contributed by atoms with van der Waals surface area (Å²) in [5, 5.41) is 8.68. The number of hydrogen-bond acceptors (Lipinski definition) is 21. The first-order valence-corrected chi connectivity index (χ1v) is 33.2. The second-order valence-corrected chi connectivity index (χ2v) is 25.5. The summed E-state index contributed by atoms with van der Waals surface area (Å²) in [6, 6.07) is 34.0. The maximum absolute atomic E-state index is 15.7. The minimum atomic E-state index is -4.92. The van der Waals surface area contributed by atoms with Gasteiger partial charge in [0.15, 0.2) is 24.6 Å². The molecule has 0 aliphatic heterocycles. The van der Waals surface area contributed by atoms with Crippen LogP contribution in [0.2, 0.25) is 0 Å². The number of methoxy groups -OCH3 is 6. The van der Waals surface area contributed by atoms with Crippen LogP contribution in [0.3, 0.4) is 0 Å². The zero-order chi connectivity index (χ0) is 76.3. The molecule has 0 saturated carbocycles. The number of carbonyl (C=O) groups is 1. The smallest absolute Gasteiger partial charge is 0.508 e. The number of hydrogen-bond donors (Lipinski definition) is 1. The van der Waals surface area contributed by atoms with E-state index in [-0.39, 0.29) is 197 Å². The van der Waals surface area contributed by atoms with Crippen LogP contribution in [0.15, 0.2) is 168 Å². The van der Waals surface area contributed by atoms with E-state index in [1.54, 1.807) is 30.3 Å². The molecule has 0 aliphatic carbocycles. The number of phenols is 1. The van der Waals surface area contributed by atoms with E-state index < -0.39 is 113 Å². The Morgan fingerprint density at radius 1 is 0.495 bits per heavy atom. The molecule has 1 N–H and O–H groups in total. The number of sulfonamides is 2. The Bertz CT molecular complexity index is 4820. The molecule has 0 saturated heterocycles.